The molecule has 0 bridgehead atoms. The maximum atomic E-state index is 11.9. The predicted octanol–water partition coefficient (Wildman–Crippen LogP) is -0.404. The molecule has 1 unspecified atom stereocenters. The van der Waals surface area contributed by atoms with Gasteiger partial charge in [0.1, 0.15) is 4.90 Å². The molecule has 0 aromatic heterocycles. The summed E-state index contributed by atoms with van der Waals surface area (Å²) in [5, 5.41) is 12.1. The molecular formula is C11H19N3O4S. The van der Waals surface area contributed by atoms with Gasteiger partial charge in [-0.05, 0) is 25.2 Å². The van der Waals surface area contributed by atoms with E-state index in [0.717, 1.165) is 0 Å². The minimum Gasteiger partial charge on any atom is -0.399 e. The van der Waals surface area contributed by atoms with Crippen molar-refractivity contribution >= 4 is 21.4 Å². The van der Waals surface area contributed by atoms with E-state index in [2.05, 4.69) is 10.0 Å². The monoisotopic (exact) mass is 289 g/mol. The van der Waals surface area contributed by atoms with E-state index < -0.39 is 16.1 Å². The average Bonchev–Trinajstić information content (AvgIpc) is 2.39. The molecule has 0 amide bonds. The van der Waals surface area contributed by atoms with Crippen molar-refractivity contribution in [3.8, 4) is 0 Å². The lowest BCUT2D eigenvalue weighted by atomic mass is 10.2. The summed E-state index contributed by atoms with van der Waals surface area (Å²) in [5.41, 5.74) is 6.31. The molecule has 0 heterocycles. The molecule has 19 heavy (non-hydrogen) atoms. The number of rotatable bonds is 7. The Hall–Kier alpha value is -1.35. The number of benzene rings is 1. The maximum Gasteiger partial charge on any atom is 0.242 e. The molecule has 8 heteroatoms. The Kier molecular flexibility index (Phi) is 5.55. The molecule has 7 nitrogen and oxygen atoms in total. The van der Waals surface area contributed by atoms with Crippen LogP contribution in [0.2, 0.25) is 0 Å². The van der Waals surface area contributed by atoms with E-state index in [4.69, 9.17) is 10.5 Å². The topological polar surface area (TPSA) is 114 Å². The lowest BCUT2D eigenvalue weighted by Gasteiger charge is -2.19. The summed E-state index contributed by atoms with van der Waals surface area (Å²) in [4.78, 5) is 0.0320. The van der Waals surface area contributed by atoms with Gasteiger partial charge in [0.05, 0.1) is 24.9 Å². The zero-order valence-electron chi connectivity index (χ0n) is 10.9. The third kappa shape index (κ3) is 4.06. The van der Waals surface area contributed by atoms with Crippen LogP contribution in [0.15, 0.2) is 23.1 Å². The van der Waals surface area contributed by atoms with Gasteiger partial charge in [0, 0.05) is 12.8 Å². The Morgan fingerprint density at radius 1 is 1.47 bits per heavy atom. The highest BCUT2D eigenvalue weighted by molar-refractivity contribution is 7.89. The van der Waals surface area contributed by atoms with E-state index in [1.807, 2.05) is 0 Å². The number of aliphatic hydroxyl groups is 1. The summed E-state index contributed by atoms with van der Waals surface area (Å²) < 4.78 is 31.0. The molecule has 1 aromatic carbocycles. The molecule has 1 rings (SSSR count). The predicted molar refractivity (Wildman–Crippen MR) is 73.5 cm³/mol. The Labute approximate surface area is 112 Å². The van der Waals surface area contributed by atoms with E-state index in [9.17, 15) is 13.5 Å². The molecule has 0 radical (unpaired) electrons. The highest BCUT2D eigenvalue weighted by Gasteiger charge is 2.19. The summed E-state index contributed by atoms with van der Waals surface area (Å²) in [6.07, 6.45) is 0. The van der Waals surface area contributed by atoms with Crippen molar-refractivity contribution in [2.24, 2.45) is 0 Å². The SMILES string of the molecule is CNS(=O)(=O)c1cc(N)ccc1NC(CO)COC. The minimum atomic E-state index is -3.64. The fourth-order valence-corrected chi connectivity index (χ4v) is 2.48. The second kappa shape index (κ2) is 6.71. The molecule has 0 saturated carbocycles. The second-order valence-electron chi connectivity index (χ2n) is 3.94. The molecular weight excluding hydrogens is 270 g/mol. The standard InChI is InChI=1S/C11H19N3O4S/c1-13-19(16,17)11-5-8(12)3-4-10(11)14-9(6-15)7-18-2/h3-5,9,13-15H,6-7,12H2,1-2H3. The first-order valence-electron chi connectivity index (χ1n) is 5.64. The summed E-state index contributed by atoms with van der Waals surface area (Å²) in [5.74, 6) is 0. The highest BCUT2D eigenvalue weighted by atomic mass is 32.2. The van der Waals surface area contributed by atoms with Crippen LogP contribution in [0.25, 0.3) is 0 Å². The van der Waals surface area contributed by atoms with Crippen LogP contribution in [0.4, 0.5) is 11.4 Å². The minimum absolute atomic E-state index is 0.0320. The third-order valence-electron chi connectivity index (χ3n) is 2.51. The summed E-state index contributed by atoms with van der Waals surface area (Å²) >= 11 is 0. The van der Waals surface area contributed by atoms with Gasteiger partial charge >= 0.3 is 0 Å². The smallest absolute Gasteiger partial charge is 0.242 e. The quantitative estimate of drug-likeness (QED) is 0.508. The number of nitrogens with two attached hydrogens (primary N) is 1. The molecule has 5 N–H and O–H groups in total. The van der Waals surface area contributed by atoms with E-state index in [1.165, 1.54) is 20.2 Å². The molecule has 0 aliphatic heterocycles. The Balaban J connectivity index is 3.14. The first-order chi connectivity index (χ1) is 8.94. The molecule has 1 atom stereocenters. The van der Waals surface area contributed by atoms with Crippen molar-refractivity contribution in [3.05, 3.63) is 18.2 Å². The van der Waals surface area contributed by atoms with Crippen LogP contribution in [-0.2, 0) is 14.8 Å². The van der Waals surface area contributed by atoms with Crippen molar-refractivity contribution in [2.45, 2.75) is 10.9 Å². The lowest BCUT2D eigenvalue weighted by Crippen LogP contribution is -2.30. The maximum absolute atomic E-state index is 11.9. The van der Waals surface area contributed by atoms with Crippen molar-refractivity contribution in [3.63, 3.8) is 0 Å². The lowest BCUT2D eigenvalue weighted by molar-refractivity contribution is 0.153. The Morgan fingerprint density at radius 2 is 2.16 bits per heavy atom. The van der Waals surface area contributed by atoms with Gasteiger partial charge in [0.25, 0.3) is 0 Å². The first-order valence-corrected chi connectivity index (χ1v) is 7.12. The van der Waals surface area contributed by atoms with Crippen molar-refractivity contribution in [2.75, 3.05) is 38.4 Å². The third-order valence-corrected chi connectivity index (χ3v) is 3.97. The van der Waals surface area contributed by atoms with Crippen LogP contribution >= 0.6 is 0 Å². The van der Waals surface area contributed by atoms with Crippen LogP contribution < -0.4 is 15.8 Å². The van der Waals surface area contributed by atoms with Crippen LogP contribution in [0.1, 0.15) is 0 Å². The van der Waals surface area contributed by atoms with Crippen molar-refractivity contribution in [1.82, 2.24) is 4.72 Å². The zero-order chi connectivity index (χ0) is 14.5. The van der Waals surface area contributed by atoms with Crippen LogP contribution in [0, 0.1) is 0 Å². The second-order valence-corrected chi connectivity index (χ2v) is 5.80. The molecule has 0 aliphatic rings. The number of nitrogens with one attached hydrogen (secondary N) is 2. The Bertz CT molecular complexity index is 519. The molecule has 0 aliphatic carbocycles. The number of ether oxygens (including phenoxy) is 1. The molecule has 108 valence electrons. The van der Waals surface area contributed by atoms with Gasteiger partial charge in [0.2, 0.25) is 10.0 Å². The first kappa shape index (κ1) is 15.7. The zero-order valence-corrected chi connectivity index (χ0v) is 11.7. The summed E-state index contributed by atoms with van der Waals surface area (Å²) in [7, 11) is -0.816. The Morgan fingerprint density at radius 3 is 2.68 bits per heavy atom. The van der Waals surface area contributed by atoms with Gasteiger partial charge in [-0.3, -0.25) is 0 Å². The fraction of sp³-hybridized carbons (Fsp3) is 0.455. The van der Waals surface area contributed by atoms with Gasteiger partial charge < -0.3 is 20.9 Å². The normalized spacial score (nSPS) is 13.2. The molecule has 1 aromatic rings. The molecule has 0 fully saturated rings. The molecule has 0 saturated heterocycles. The highest BCUT2D eigenvalue weighted by Crippen LogP contribution is 2.24. The number of nitrogen functional groups attached to an aromatic ring is 1. The van der Waals surface area contributed by atoms with Crippen LogP contribution in [-0.4, -0.2) is 46.9 Å². The van der Waals surface area contributed by atoms with Gasteiger partial charge in [-0.25, -0.2) is 13.1 Å². The van der Waals surface area contributed by atoms with Gasteiger partial charge in [0.15, 0.2) is 0 Å². The number of hydrogen-bond acceptors (Lipinski definition) is 6. The number of aliphatic hydroxyl groups excluding tert-OH is 1. The number of sulfonamides is 1. The van der Waals surface area contributed by atoms with E-state index >= 15 is 0 Å². The van der Waals surface area contributed by atoms with E-state index in [-0.39, 0.29) is 18.1 Å². The average molecular weight is 289 g/mol. The van der Waals surface area contributed by atoms with Gasteiger partial charge in [-0.2, -0.15) is 0 Å². The van der Waals surface area contributed by atoms with E-state index in [1.54, 1.807) is 12.1 Å². The van der Waals surface area contributed by atoms with Crippen molar-refractivity contribution in [1.29, 1.82) is 0 Å². The van der Waals surface area contributed by atoms with Gasteiger partial charge in [-0.1, -0.05) is 0 Å². The summed E-state index contributed by atoms with van der Waals surface area (Å²) in [6, 6.07) is 4.09. The largest absolute Gasteiger partial charge is 0.399 e. The van der Waals surface area contributed by atoms with Crippen LogP contribution in [0.5, 0.6) is 0 Å². The number of methoxy groups -OCH3 is 1. The van der Waals surface area contributed by atoms with Crippen molar-refractivity contribution < 1.29 is 18.3 Å². The number of hydrogen-bond donors (Lipinski definition) is 4. The number of anilines is 2. The summed E-state index contributed by atoms with van der Waals surface area (Å²) in [6.45, 7) is 0.0666. The molecule has 0 spiro atoms. The fourth-order valence-electron chi connectivity index (χ4n) is 1.55. The van der Waals surface area contributed by atoms with E-state index in [0.29, 0.717) is 11.4 Å². The van der Waals surface area contributed by atoms with Crippen LogP contribution in [0.3, 0.4) is 0 Å². The van der Waals surface area contributed by atoms with Gasteiger partial charge in [-0.15, -0.1) is 0 Å².